The standard InChI is InChI=1S/C16H19NO7/c1-5-21-16(18)11-8(2)12(24-17-11)9-6-10-14(23-7-22-10)15(20-4)13(9)19-3/h6,8,12H,5,7H2,1-4H3/t8-,12+/m0/s1. The lowest BCUT2D eigenvalue weighted by Crippen LogP contribution is -2.24. The van der Waals surface area contributed by atoms with Gasteiger partial charge in [-0.2, -0.15) is 0 Å². The van der Waals surface area contributed by atoms with Gasteiger partial charge in [0.2, 0.25) is 18.3 Å². The molecule has 0 saturated heterocycles. The molecule has 2 heterocycles. The summed E-state index contributed by atoms with van der Waals surface area (Å²) < 4.78 is 26.8. The second kappa shape index (κ2) is 6.46. The van der Waals surface area contributed by atoms with Crippen molar-refractivity contribution in [3.8, 4) is 23.0 Å². The van der Waals surface area contributed by atoms with Crippen LogP contribution >= 0.6 is 0 Å². The lowest BCUT2D eigenvalue weighted by molar-refractivity contribution is -0.135. The first-order chi connectivity index (χ1) is 11.6. The van der Waals surface area contributed by atoms with Crippen LogP contribution in [-0.4, -0.2) is 39.3 Å². The predicted octanol–water partition coefficient (Wildman–Crippen LogP) is 2.06. The molecule has 0 N–H and O–H groups in total. The zero-order chi connectivity index (χ0) is 17.3. The van der Waals surface area contributed by atoms with Crippen molar-refractivity contribution in [2.24, 2.45) is 11.1 Å². The molecule has 2 aliphatic heterocycles. The van der Waals surface area contributed by atoms with Crippen molar-refractivity contribution in [3.63, 3.8) is 0 Å². The lowest BCUT2D eigenvalue weighted by Gasteiger charge is -2.20. The Morgan fingerprint density at radius 3 is 2.71 bits per heavy atom. The summed E-state index contributed by atoms with van der Waals surface area (Å²) in [5, 5.41) is 3.89. The number of ether oxygens (including phenoxy) is 5. The maximum absolute atomic E-state index is 12.0. The Morgan fingerprint density at radius 1 is 1.29 bits per heavy atom. The van der Waals surface area contributed by atoms with Gasteiger partial charge in [-0.15, -0.1) is 0 Å². The molecule has 0 fully saturated rings. The normalized spacial score (nSPS) is 21.1. The number of fused-ring (bicyclic) bond motifs is 1. The fourth-order valence-corrected chi connectivity index (χ4v) is 2.81. The third-order valence-electron chi connectivity index (χ3n) is 3.95. The van der Waals surface area contributed by atoms with E-state index in [2.05, 4.69) is 5.16 Å². The van der Waals surface area contributed by atoms with Crippen LogP contribution in [0.1, 0.15) is 25.5 Å². The van der Waals surface area contributed by atoms with Gasteiger partial charge in [0, 0.05) is 5.56 Å². The number of nitrogens with zero attached hydrogens (tertiary/aromatic N) is 1. The maximum atomic E-state index is 12.0. The van der Waals surface area contributed by atoms with Gasteiger partial charge in [-0.25, -0.2) is 4.79 Å². The van der Waals surface area contributed by atoms with E-state index in [1.807, 2.05) is 6.92 Å². The number of hydrogen-bond donors (Lipinski definition) is 0. The predicted molar refractivity (Wildman–Crippen MR) is 82.7 cm³/mol. The second-order valence-electron chi connectivity index (χ2n) is 5.28. The third kappa shape index (κ3) is 2.47. The molecule has 130 valence electrons. The topological polar surface area (TPSA) is 84.8 Å². The first kappa shape index (κ1) is 16.2. The lowest BCUT2D eigenvalue weighted by atomic mass is 9.92. The average molecular weight is 337 g/mol. The van der Waals surface area contributed by atoms with Crippen LogP contribution in [0.15, 0.2) is 11.2 Å². The van der Waals surface area contributed by atoms with E-state index in [4.69, 9.17) is 28.5 Å². The summed E-state index contributed by atoms with van der Waals surface area (Å²) >= 11 is 0. The van der Waals surface area contributed by atoms with Crippen LogP contribution in [0.3, 0.4) is 0 Å². The summed E-state index contributed by atoms with van der Waals surface area (Å²) in [7, 11) is 3.04. The van der Waals surface area contributed by atoms with E-state index in [-0.39, 0.29) is 25.0 Å². The fourth-order valence-electron chi connectivity index (χ4n) is 2.81. The summed E-state index contributed by atoms with van der Waals surface area (Å²) in [4.78, 5) is 17.5. The van der Waals surface area contributed by atoms with E-state index in [1.54, 1.807) is 13.0 Å². The van der Waals surface area contributed by atoms with E-state index in [1.165, 1.54) is 14.2 Å². The van der Waals surface area contributed by atoms with E-state index in [0.29, 0.717) is 28.6 Å². The van der Waals surface area contributed by atoms with Crippen LogP contribution in [0.2, 0.25) is 0 Å². The quantitative estimate of drug-likeness (QED) is 0.760. The van der Waals surface area contributed by atoms with Crippen molar-refractivity contribution in [3.05, 3.63) is 11.6 Å². The first-order valence-corrected chi connectivity index (χ1v) is 7.57. The minimum Gasteiger partial charge on any atom is -0.492 e. The van der Waals surface area contributed by atoms with Crippen molar-refractivity contribution >= 4 is 11.7 Å². The van der Waals surface area contributed by atoms with Crippen LogP contribution in [0.4, 0.5) is 0 Å². The van der Waals surface area contributed by atoms with Crippen molar-refractivity contribution in [2.45, 2.75) is 20.0 Å². The van der Waals surface area contributed by atoms with E-state index in [0.717, 1.165) is 0 Å². The molecular formula is C16H19NO7. The monoisotopic (exact) mass is 337 g/mol. The summed E-state index contributed by atoms with van der Waals surface area (Å²) in [5.74, 6) is 1.09. The molecule has 1 aromatic carbocycles. The molecule has 3 rings (SSSR count). The van der Waals surface area contributed by atoms with Crippen molar-refractivity contribution < 1.29 is 33.3 Å². The molecular weight excluding hydrogens is 318 g/mol. The van der Waals surface area contributed by atoms with Crippen molar-refractivity contribution in [1.29, 1.82) is 0 Å². The van der Waals surface area contributed by atoms with E-state index in [9.17, 15) is 4.79 Å². The van der Waals surface area contributed by atoms with E-state index >= 15 is 0 Å². The maximum Gasteiger partial charge on any atom is 0.356 e. The highest BCUT2D eigenvalue weighted by molar-refractivity contribution is 6.37. The number of oxime groups is 1. The molecule has 8 nitrogen and oxygen atoms in total. The Labute approximate surface area is 139 Å². The van der Waals surface area contributed by atoms with Gasteiger partial charge < -0.3 is 28.5 Å². The molecule has 2 aliphatic rings. The Balaban J connectivity index is 1.98. The molecule has 0 radical (unpaired) electrons. The number of hydrogen-bond acceptors (Lipinski definition) is 8. The van der Waals surface area contributed by atoms with Gasteiger partial charge in [0.15, 0.2) is 23.3 Å². The zero-order valence-electron chi connectivity index (χ0n) is 14.0. The Bertz CT molecular complexity index is 685. The number of methoxy groups -OCH3 is 2. The fraction of sp³-hybridized carbons (Fsp3) is 0.500. The first-order valence-electron chi connectivity index (χ1n) is 7.57. The molecule has 0 amide bonds. The Morgan fingerprint density at radius 2 is 2.04 bits per heavy atom. The molecule has 0 unspecified atom stereocenters. The molecule has 0 aromatic heterocycles. The number of esters is 1. The van der Waals surface area contributed by atoms with Gasteiger partial charge in [-0.3, -0.25) is 0 Å². The van der Waals surface area contributed by atoms with Gasteiger partial charge >= 0.3 is 5.97 Å². The number of benzene rings is 1. The van der Waals surface area contributed by atoms with Crippen LogP contribution in [0.25, 0.3) is 0 Å². The summed E-state index contributed by atoms with van der Waals surface area (Å²) in [6.07, 6.45) is -0.525. The third-order valence-corrected chi connectivity index (χ3v) is 3.95. The van der Waals surface area contributed by atoms with Crippen LogP contribution in [0, 0.1) is 5.92 Å². The second-order valence-corrected chi connectivity index (χ2v) is 5.28. The molecule has 0 spiro atoms. The number of rotatable bonds is 5. The number of carbonyl (C=O) groups excluding carboxylic acids is 1. The summed E-state index contributed by atoms with van der Waals surface area (Å²) in [6, 6.07) is 1.76. The molecule has 0 bridgehead atoms. The van der Waals surface area contributed by atoms with E-state index < -0.39 is 12.1 Å². The van der Waals surface area contributed by atoms with Gasteiger partial charge in [0.1, 0.15) is 0 Å². The molecule has 8 heteroatoms. The highest BCUT2D eigenvalue weighted by Gasteiger charge is 2.40. The minimum absolute atomic E-state index is 0.101. The summed E-state index contributed by atoms with van der Waals surface area (Å²) in [6.45, 7) is 3.95. The Kier molecular flexibility index (Phi) is 4.37. The largest absolute Gasteiger partial charge is 0.492 e. The Hall–Kier alpha value is -2.64. The van der Waals surface area contributed by atoms with Crippen LogP contribution < -0.4 is 18.9 Å². The number of carbonyl (C=O) groups is 1. The molecule has 1 aromatic rings. The van der Waals surface area contributed by atoms with Crippen molar-refractivity contribution in [2.75, 3.05) is 27.6 Å². The van der Waals surface area contributed by atoms with Crippen molar-refractivity contribution in [1.82, 2.24) is 0 Å². The van der Waals surface area contributed by atoms with Crippen LogP contribution in [0.5, 0.6) is 23.0 Å². The van der Waals surface area contributed by atoms with Gasteiger partial charge in [0.05, 0.1) is 26.7 Å². The van der Waals surface area contributed by atoms with Gasteiger partial charge in [0.25, 0.3) is 0 Å². The van der Waals surface area contributed by atoms with Gasteiger partial charge in [-0.1, -0.05) is 12.1 Å². The summed E-state index contributed by atoms with van der Waals surface area (Å²) in [5.41, 5.74) is 0.898. The molecule has 0 aliphatic carbocycles. The smallest absolute Gasteiger partial charge is 0.356 e. The highest BCUT2D eigenvalue weighted by Crippen LogP contribution is 2.52. The molecule has 0 saturated carbocycles. The minimum atomic E-state index is -0.525. The zero-order valence-corrected chi connectivity index (χ0v) is 14.0. The molecule has 24 heavy (non-hydrogen) atoms. The SMILES string of the molecule is CCOC(=O)C1=NO[C@@H](c2cc3c(c(OC)c2OC)OCO3)[C@H]1C. The van der Waals surface area contributed by atoms with Gasteiger partial charge in [-0.05, 0) is 13.0 Å². The average Bonchev–Trinajstić information content (AvgIpc) is 3.19. The molecule has 2 atom stereocenters. The van der Waals surface area contributed by atoms with Crippen LogP contribution in [-0.2, 0) is 14.4 Å². The highest BCUT2D eigenvalue weighted by atomic mass is 16.7.